The predicted molar refractivity (Wildman–Crippen MR) is 73.1 cm³/mol. The molecule has 1 saturated carbocycles. The Balaban J connectivity index is 1.73. The minimum absolute atomic E-state index is 0.0488. The Morgan fingerprint density at radius 3 is 2.80 bits per heavy atom. The predicted octanol–water partition coefficient (Wildman–Crippen LogP) is 1.44. The molecule has 108 valence electrons. The fourth-order valence-corrected chi connectivity index (χ4v) is 2.36. The highest BCUT2D eigenvalue weighted by molar-refractivity contribution is 5.75. The number of aryl methyl sites for hydroxylation is 1. The number of hydrogen-bond acceptors (Lipinski definition) is 3. The van der Waals surface area contributed by atoms with E-state index >= 15 is 0 Å². The number of hydrogen-bond donors (Lipinski definition) is 3. The van der Waals surface area contributed by atoms with Crippen molar-refractivity contribution in [2.75, 3.05) is 0 Å². The fraction of sp³-hybridized carbons (Fsp3) is 0.500. The number of rotatable bonds is 4. The van der Waals surface area contributed by atoms with Crippen LogP contribution in [-0.4, -0.2) is 28.1 Å². The third kappa shape index (κ3) is 3.94. The van der Waals surface area contributed by atoms with Gasteiger partial charge in [0.2, 0.25) is 0 Å². The molecule has 0 aliphatic heterocycles. The molecule has 0 unspecified atom stereocenters. The van der Waals surface area contributed by atoms with E-state index in [1.807, 2.05) is 19.1 Å². The summed E-state index contributed by atoms with van der Waals surface area (Å²) in [5.41, 5.74) is 1.87. The van der Waals surface area contributed by atoms with Crippen molar-refractivity contribution in [3.63, 3.8) is 0 Å². The highest BCUT2D eigenvalue weighted by atomic mass is 16.4. The molecule has 2 atom stereocenters. The van der Waals surface area contributed by atoms with E-state index in [9.17, 15) is 9.59 Å². The average molecular weight is 277 g/mol. The summed E-state index contributed by atoms with van der Waals surface area (Å²) in [6.45, 7) is 2.32. The molecule has 2 rings (SSSR count). The van der Waals surface area contributed by atoms with Gasteiger partial charge in [-0.2, -0.15) is 0 Å². The van der Waals surface area contributed by atoms with Gasteiger partial charge in [0.05, 0.1) is 5.92 Å². The zero-order valence-electron chi connectivity index (χ0n) is 11.4. The second kappa shape index (κ2) is 6.36. The first-order valence-electron chi connectivity index (χ1n) is 6.73. The summed E-state index contributed by atoms with van der Waals surface area (Å²) in [5, 5.41) is 14.5. The molecule has 0 saturated heterocycles. The van der Waals surface area contributed by atoms with Crippen LogP contribution in [0.3, 0.4) is 0 Å². The molecule has 0 bridgehead atoms. The Labute approximate surface area is 117 Å². The number of nitrogens with zero attached hydrogens (tertiary/aromatic N) is 1. The van der Waals surface area contributed by atoms with Crippen LogP contribution in [0.4, 0.5) is 4.79 Å². The Hall–Kier alpha value is -2.11. The molecule has 0 radical (unpaired) electrons. The molecule has 6 nitrogen and oxygen atoms in total. The molecule has 6 heteroatoms. The number of aromatic nitrogens is 1. The van der Waals surface area contributed by atoms with Crippen LogP contribution >= 0.6 is 0 Å². The summed E-state index contributed by atoms with van der Waals surface area (Å²) in [4.78, 5) is 26.7. The standard InChI is InChI=1S/C14H19N3O3/c1-9-2-3-10(7-15-9)8-16-14(20)17-12-5-4-11(6-12)13(18)19/h2-3,7,11-12H,4-6,8H2,1H3,(H,18,19)(H2,16,17,20)/t11-,12+/m1/s1. The molecule has 1 aliphatic carbocycles. The summed E-state index contributed by atoms with van der Waals surface area (Å²) >= 11 is 0. The maximum atomic E-state index is 11.7. The number of carboxylic acids is 1. The molecular formula is C14H19N3O3. The first-order chi connectivity index (χ1) is 9.54. The lowest BCUT2D eigenvalue weighted by Gasteiger charge is -2.13. The molecule has 1 aromatic rings. The monoisotopic (exact) mass is 277 g/mol. The summed E-state index contributed by atoms with van der Waals surface area (Å²) in [6.07, 6.45) is 3.58. The first kappa shape index (κ1) is 14.3. The molecule has 2 amide bonds. The van der Waals surface area contributed by atoms with Crippen molar-refractivity contribution in [3.8, 4) is 0 Å². The van der Waals surface area contributed by atoms with Gasteiger partial charge >= 0.3 is 12.0 Å². The summed E-state index contributed by atoms with van der Waals surface area (Å²) in [5.74, 6) is -1.11. The van der Waals surface area contributed by atoms with Gasteiger partial charge < -0.3 is 15.7 Å². The van der Waals surface area contributed by atoms with E-state index < -0.39 is 5.97 Å². The van der Waals surface area contributed by atoms with E-state index in [0.717, 1.165) is 17.7 Å². The SMILES string of the molecule is Cc1ccc(CNC(=O)N[C@H]2CC[C@@H](C(=O)O)C2)cn1. The van der Waals surface area contributed by atoms with Crippen LogP contribution in [0.1, 0.15) is 30.5 Å². The second-order valence-electron chi connectivity index (χ2n) is 5.18. The van der Waals surface area contributed by atoms with Crippen molar-refractivity contribution in [1.82, 2.24) is 15.6 Å². The Morgan fingerprint density at radius 1 is 1.40 bits per heavy atom. The van der Waals surface area contributed by atoms with Crippen molar-refractivity contribution >= 4 is 12.0 Å². The summed E-state index contributed by atoms with van der Waals surface area (Å²) < 4.78 is 0. The van der Waals surface area contributed by atoms with Gasteiger partial charge in [0.1, 0.15) is 0 Å². The zero-order chi connectivity index (χ0) is 14.5. The smallest absolute Gasteiger partial charge is 0.315 e. The van der Waals surface area contributed by atoms with E-state index in [0.29, 0.717) is 19.4 Å². The lowest BCUT2D eigenvalue weighted by molar-refractivity contribution is -0.141. The van der Waals surface area contributed by atoms with E-state index in [4.69, 9.17) is 5.11 Å². The number of carboxylic acid groups (broad SMARTS) is 1. The van der Waals surface area contributed by atoms with E-state index in [1.165, 1.54) is 0 Å². The maximum absolute atomic E-state index is 11.7. The van der Waals surface area contributed by atoms with Crippen molar-refractivity contribution in [3.05, 3.63) is 29.6 Å². The van der Waals surface area contributed by atoms with Gasteiger partial charge in [0, 0.05) is 24.5 Å². The van der Waals surface area contributed by atoms with Crippen LogP contribution in [-0.2, 0) is 11.3 Å². The number of urea groups is 1. The van der Waals surface area contributed by atoms with Gasteiger partial charge in [-0.05, 0) is 37.8 Å². The molecule has 1 fully saturated rings. The van der Waals surface area contributed by atoms with E-state index in [-0.39, 0.29) is 18.0 Å². The molecule has 0 aromatic carbocycles. The van der Waals surface area contributed by atoms with Crippen LogP contribution in [0.5, 0.6) is 0 Å². The highest BCUT2D eigenvalue weighted by Gasteiger charge is 2.30. The molecule has 1 heterocycles. The maximum Gasteiger partial charge on any atom is 0.315 e. The number of aliphatic carboxylic acids is 1. The van der Waals surface area contributed by atoms with Crippen molar-refractivity contribution < 1.29 is 14.7 Å². The minimum atomic E-state index is -0.777. The normalized spacial score (nSPS) is 21.4. The van der Waals surface area contributed by atoms with Crippen LogP contribution < -0.4 is 10.6 Å². The lowest BCUT2D eigenvalue weighted by Crippen LogP contribution is -2.40. The van der Waals surface area contributed by atoms with Crippen LogP contribution in [0.15, 0.2) is 18.3 Å². The van der Waals surface area contributed by atoms with E-state index in [2.05, 4.69) is 15.6 Å². The van der Waals surface area contributed by atoms with Gasteiger partial charge in [-0.3, -0.25) is 9.78 Å². The molecule has 1 aromatic heterocycles. The highest BCUT2D eigenvalue weighted by Crippen LogP contribution is 2.25. The van der Waals surface area contributed by atoms with Gasteiger partial charge in [-0.15, -0.1) is 0 Å². The fourth-order valence-electron chi connectivity index (χ4n) is 2.36. The van der Waals surface area contributed by atoms with Crippen molar-refractivity contribution in [2.45, 2.75) is 38.8 Å². The summed E-state index contributed by atoms with van der Waals surface area (Å²) in [6, 6.07) is 3.50. The van der Waals surface area contributed by atoms with Crippen LogP contribution in [0, 0.1) is 12.8 Å². The number of carbonyl (C=O) groups excluding carboxylic acids is 1. The number of nitrogens with one attached hydrogen (secondary N) is 2. The van der Waals surface area contributed by atoms with Crippen LogP contribution in [0.25, 0.3) is 0 Å². The summed E-state index contributed by atoms with van der Waals surface area (Å²) in [7, 11) is 0. The molecule has 3 N–H and O–H groups in total. The third-order valence-electron chi connectivity index (χ3n) is 3.54. The number of amides is 2. The number of pyridine rings is 1. The van der Waals surface area contributed by atoms with Crippen molar-refractivity contribution in [2.24, 2.45) is 5.92 Å². The van der Waals surface area contributed by atoms with Crippen LogP contribution in [0.2, 0.25) is 0 Å². The Kier molecular flexibility index (Phi) is 4.55. The lowest BCUT2D eigenvalue weighted by atomic mass is 10.1. The average Bonchev–Trinajstić information content (AvgIpc) is 2.87. The zero-order valence-corrected chi connectivity index (χ0v) is 11.4. The topological polar surface area (TPSA) is 91.3 Å². The molecule has 0 spiro atoms. The molecular weight excluding hydrogens is 258 g/mol. The largest absolute Gasteiger partial charge is 0.481 e. The third-order valence-corrected chi connectivity index (χ3v) is 3.54. The van der Waals surface area contributed by atoms with Gasteiger partial charge in [-0.1, -0.05) is 6.07 Å². The second-order valence-corrected chi connectivity index (χ2v) is 5.18. The quantitative estimate of drug-likeness (QED) is 0.776. The molecule has 1 aliphatic rings. The number of carbonyl (C=O) groups is 2. The van der Waals surface area contributed by atoms with Crippen molar-refractivity contribution in [1.29, 1.82) is 0 Å². The van der Waals surface area contributed by atoms with Gasteiger partial charge in [0.15, 0.2) is 0 Å². The molecule has 20 heavy (non-hydrogen) atoms. The van der Waals surface area contributed by atoms with Gasteiger partial charge in [0.25, 0.3) is 0 Å². The van der Waals surface area contributed by atoms with E-state index in [1.54, 1.807) is 6.20 Å². The first-order valence-corrected chi connectivity index (χ1v) is 6.73. The van der Waals surface area contributed by atoms with Gasteiger partial charge in [-0.25, -0.2) is 4.79 Å². The Morgan fingerprint density at radius 2 is 2.20 bits per heavy atom. The Bertz CT molecular complexity index is 487. The minimum Gasteiger partial charge on any atom is -0.481 e.